The van der Waals surface area contributed by atoms with Crippen LogP contribution < -0.4 is 37.2 Å². The summed E-state index contributed by atoms with van der Waals surface area (Å²) in [5, 5.41) is 97.3. The monoisotopic (exact) mass is 1830 g/mol. The van der Waals surface area contributed by atoms with Crippen LogP contribution in [0.1, 0.15) is 152 Å². The number of amides is 7. The number of carbonyl (C=O) groups is 19. The van der Waals surface area contributed by atoms with Crippen LogP contribution in [-0.2, 0) is 112 Å². The maximum absolute atomic E-state index is 14.9. The largest absolute Gasteiger partial charge is 0.481 e. The van der Waals surface area contributed by atoms with Crippen LogP contribution in [0.3, 0.4) is 0 Å². The number of carbonyl (C=O) groups excluding carboxylic acids is 11. The smallest absolute Gasteiger partial charge is 0.326 e. The Morgan fingerprint density at radius 3 is 1.20 bits per heavy atom. The van der Waals surface area contributed by atoms with Crippen molar-refractivity contribution in [2.24, 2.45) is 35.5 Å². The van der Waals surface area contributed by atoms with Gasteiger partial charge in [0.1, 0.15) is 23.7 Å². The van der Waals surface area contributed by atoms with E-state index in [9.17, 15) is 127 Å². The molecule has 2 aliphatic rings. The number of unbranched alkanes of at least 4 members (excludes halogenated alkanes) is 1. The van der Waals surface area contributed by atoms with Crippen molar-refractivity contribution in [3.63, 3.8) is 0 Å². The van der Waals surface area contributed by atoms with Crippen LogP contribution in [0.5, 0.6) is 0 Å². The van der Waals surface area contributed by atoms with Gasteiger partial charge in [0, 0.05) is 167 Å². The summed E-state index contributed by atoms with van der Waals surface area (Å²) in [5.41, 5.74) is 1.56. The number of nitrogens with one attached hydrogen (secondary N) is 10. The van der Waals surface area contributed by atoms with Gasteiger partial charge in [0.05, 0.1) is 98.1 Å². The molecule has 44 nitrogen and oxygen atoms in total. The number of benzene rings is 2. The first-order valence-electron chi connectivity index (χ1n) is 43.6. The molecule has 18 N–H and O–H groups in total. The molecule has 7 rings (SSSR count). The molecule has 0 radical (unpaired) electrons. The Balaban J connectivity index is 1.01. The number of nitrogens with zero attached hydrogens (tertiary/aromatic N) is 7. The Morgan fingerprint density at radius 1 is 0.397 bits per heavy atom. The van der Waals surface area contributed by atoms with Gasteiger partial charge in [0.25, 0.3) is 0 Å². The van der Waals surface area contributed by atoms with Crippen molar-refractivity contribution in [3.8, 4) is 0 Å². The Bertz CT molecular complexity index is 4680. The maximum Gasteiger partial charge on any atom is 0.326 e. The number of Topliss-reactive ketones (excluding diaryl/α,β-unsaturated/α-hetero) is 5. The predicted molar refractivity (Wildman–Crippen MR) is 462 cm³/mol. The zero-order chi connectivity index (χ0) is 95.6. The Morgan fingerprint density at radius 2 is 0.786 bits per heavy atom. The molecule has 4 heterocycles. The van der Waals surface area contributed by atoms with Gasteiger partial charge in [0.2, 0.25) is 29.5 Å². The summed E-state index contributed by atoms with van der Waals surface area (Å²) in [7, 11) is 0. The molecular weight excluding hydrogens is 1720 g/mol. The van der Waals surface area contributed by atoms with Gasteiger partial charge in [-0.2, -0.15) is 0 Å². The van der Waals surface area contributed by atoms with Crippen molar-refractivity contribution in [2.75, 3.05) is 91.6 Å². The van der Waals surface area contributed by atoms with Crippen molar-refractivity contribution in [1.82, 2.24) is 86.7 Å². The molecule has 131 heavy (non-hydrogen) atoms. The molecule has 0 bridgehead atoms. The molecular formula is C87H119N17O27. The fourth-order valence-electron chi connectivity index (χ4n) is 15.9. The van der Waals surface area contributed by atoms with Crippen LogP contribution in [0.4, 0.5) is 4.79 Å². The summed E-state index contributed by atoms with van der Waals surface area (Å²) < 4.78 is 0. The molecule has 7 amide bonds. The number of fused-ring (bicyclic) bond motifs is 1. The van der Waals surface area contributed by atoms with Gasteiger partial charge >= 0.3 is 53.8 Å². The number of carboxylic acid groups (broad SMARTS) is 8. The van der Waals surface area contributed by atoms with E-state index in [0.29, 0.717) is 31.4 Å². The van der Waals surface area contributed by atoms with Gasteiger partial charge in [-0.1, -0.05) is 42.5 Å². The highest BCUT2D eigenvalue weighted by atomic mass is 16.4. The van der Waals surface area contributed by atoms with Gasteiger partial charge in [0.15, 0.2) is 17.3 Å². The summed E-state index contributed by atoms with van der Waals surface area (Å²) >= 11 is 0. The van der Waals surface area contributed by atoms with Crippen LogP contribution in [0.25, 0.3) is 10.8 Å². The van der Waals surface area contributed by atoms with E-state index >= 15 is 0 Å². The number of imidazole rings is 3. The fourth-order valence-corrected chi connectivity index (χ4v) is 15.9. The van der Waals surface area contributed by atoms with Crippen LogP contribution in [0.15, 0.2) is 80.0 Å². The maximum atomic E-state index is 14.9. The van der Waals surface area contributed by atoms with E-state index in [-0.39, 0.29) is 152 Å². The minimum absolute atomic E-state index is 0.0306. The highest BCUT2D eigenvalue weighted by molar-refractivity contribution is 5.98. The molecule has 5 aromatic rings. The SMILES string of the molecule is CC(=O)CN1CCN(CC(=O)O)CCN(CC(=O)NC(CCC(=O)O)C(=O)CC(Cc2c[nH]cn2)C(=O)NC(CCC(=O)O)C(=O)CC(Cc2c[nH]cn2)C(=O)NC(CCC(=O)O)C(=O)CC(Cc2c[nH]cn2)C(=O)NCC2CCC(C(=O)CC(Cc3ccc4ccccc4c3)C(=O)NCCCCC(NC(=O)NC(CCC(=O)O)C(=O)O)C(=O)O)CC2)CCN(CC(=O)O)CC1. The van der Waals surface area contributed by atoms with Gasteiger partial charge < -0.3 is 93.0 Å². The number of urea groups is 1. The van der Waals surface area contributed by atoms with Crippen molar-refractivity contribution in [1.29, 1.82) is 0 Å². The first kappa shape index (κ1) is 105. The number of hydrogen-bond acceptors (Lipinski definition) is 26. The number of aromatic nitrogens is 6. The van der Waals surface area contributed by atoms with E-state index in [4.69, 9.17) is 5.11 Å². The topological polar surface area (TPSA) is 669 Å². The lowest BCUT2D eigenvalue weighted by Gasteiger charge is -2.33. The van der Waals surface area contributed by atoms with Crippen LogP contribution in [-0.4, -0.2) is 324 Å². The molecule has 3 aromatic heterocycles. The van der Waals surface area contributed by atoms with E-state index in [1.54, 1.807) is 19.6 Å². The lowest BCUT2D eigenvalue weighted by molar-refractivity contribution is -0.141. The average molecular weight is 1840 g/mol. The molecule has 9 unspecified atom stereocenters. The van der Waals surface area contributed by atoms with E-state index in [2.05, 4.69) is 67.1 Å². The van der Waals surface area contributed by atoms with E-state index in [1.165, 1.54) is 44.5 Å². The summed E-state index contributed by atoms with van der Waals surface area (Å²) in [6, 6.07) is 4.18. The van der Waals surface area contributed by atoms with Gasteiger partial charge in [-0.05, 0) is 106 Å². The zero-order valence-electron chi connectivity index (χ0n) is 73.0. The van der Waals surface area contributed by atoms with E-state index < -0.39 is 251 Å². The zero-order valence-corrected chi connectivity index (χ0v) is 73.0. The second kappa shape index (κ2) is 54.4. The summed E-state index contributed by atoms with van der Waals surface area (Å²) in [4.78, 5) is 279. The molecule has 2 aromatic carbocycles. The number of aromatic amines is 3. The third kappa shape index (κ3) is 39.0. The van der Waals surface area contributed by atoms with Gasteiger partial charge in [-0.25, -0.2) is 29.3 Å². The minimum atomic E-state index is -1.72. The molecule has 1 aliphatic carbocycles. The Hall–Kier alpha value is -13.1. The average Bonchev–Trinajstić information content (AvgIpc) is 1.82. The predicted octanol–water partition coefficient (Wildman–Crippen LogP) is 0.889. The normalized spacial score (nSPS) is 17.0. The summed E-state index contributed by atoms with van der Waals surface area (Å²) in [6.07, 6.45) is 2.59. The van der Waals surface area contributed by atoms with Crippen molar-refractivity contribution in [3.05, 3.63) is 103 Å². The lowest BCUT2D eigenvalue weighted by Crippen LogP contribution is -2.51. The minimum Gasteiger partial charge on any atom is -0.481 e. The fraction of sp³-hybridized carbons (Fsp3) is 0.563. The van der Waals surface area contributed by atoms with Gasteiger partial charge in [-0.15, -0.1) is 0 Å². The van der Waals surface area contributed by atoms with Crippen LogP contribution in [0.2, 0.25) is 0 Å². The third-order valence-electron chi connectivity index (χ3n) is 23.1. The molecule has 714 valence electrons. The number of aliphatic carboxylic acids is 8. The molecule has 2 fully saturated rings. The number of carboxylic acids is 8. The van der Waals surface area contributed by atoms with Crippen molar-refractivity contribution < 1.29 is 132 Å². The second-order valence-electron chi connectivity index (χ2n) is 33.4. The molecule has 1 aliphatic heterocycles. The highest BCUT2D eigenvalue weighted by Gasteiger charge is 2.38. The molecule has 44 heteroatoms. The van der Waals surface area contributed by atoms with Crippen molar-refractivity contribution >= 4 is 123 Å². The molecule has 9 atom stereocenters. The molecule has 1 saturated carbocycles. The molecule has 1 saturated heterocycles. The van der Waals surface area contributed by atoms with Crippen LogP contribution in [0, 0.1) is 35.5 Å². The number of ketones is 5. The number of H-pyrrole nitrogens is 3. The van der Waals surface area contributed by atoms with Crippen molar-refractivity contribution in [2.45, 2.75) is 185 Å². The summed E-state index contributed by atoms with van der Waals surface area (Å²) in [5.74, 6) is -23.1. The quantitative estimate of drug-likeness (QED) is 0.0240. The van der Waals surface area contributed by atoms with E-state index in [0.717, 1.165) is 16.3 Å². The third-order valence-corrected chi connectivity index (χ3v) is 23.1. The Kier molecular flexibility index (Phi) is 43.6. The highest BCUT2D eigenvalue weighted by Crippen LogP contribution is 2.32. The molecule has 0 spiro atoms. The van der Waals surface area contributed by atoms with E-state index in [1.807, 2.05) is 42.5 Å². The second-order valence-corrected chi connectivity index (χ2v) is 33.4. The Labute approximate surface area is 753 Å². The number of hydrogen-bond donors (Lipinski definition) is 18. The van der Waals surface area contributed by atoms with Crippen LogP contribution >= 0.6 is 0 Å². The standard InChI is InChI=1S/C87H119N17O27/c1-52(105)45-101-24-28-103(47-79(119)120)30-26-102(27-31-104(29-25-101)48-80(121)122)46-74(110)96-65(15-19-75(111)112)71(107)39-60(35-63-43-89-50-94-63)83(125)98-67(17-21-77(115)116)73(109)40-61(36-64-44-90-51-95-64)84(126)97-66(16-20-76(113)114)72(108)38-59(34-62-42-88-49-93-62)82(124)92-41-53-9-13-56(14-10-53)70(106)37-58(33-54-11-12-55-6-2-3-7-57(55)32-54)81(123)91-23-5-4-8-68(85(127)128)99-87(131)100-69(86(129)130)18-22-78(117)118/h2-3,6-7,11-12,32,42-44,49-51,53,56,58-61,65-69H,4-5,8-10,13-31,33-41,45-48H2,1H3,(H,88,93)(H,89,94)(H,90,95)(H,91,123)(H,92,124)(H,96,110)(H,97,126)(H,98,125)(H,111,112)(H,113,114)(H,115,116)(H,117,118)(H,119,120)(H,121,122)(H,127,128)(H,129,130)(H2,99,100,131). The first-order valence-corrected chi connectivity index (χ1v) is 43.6. The first-order chi connectivity index (χ1) is 62.4. The lowest BCUT2D eigenvalue weighted by atomic mass is 9.77. The summed E-state index contributed by atoms with van der Waals surface area (Å²) in [6.45, 7) is 1.36. The van der Waals surface area contributed by atoms with Gasteiger partial charge in [-0.3, -0.25) is 96.3 Å². The number of rotatable bonds is 58.